The predicted molar refractivity (Wildman–Crippen MR) is 73.8 cm³/mol. The first-order valence-corrected chi connectivity index (χ1v) is 6.26. The lowest BCUT2D eigenvalue weighted by Gasteiger charge is -2.11. The van der Waals surface area contributed by atoms with Crippen LogP contribution in [0.3, 0.4) is 0 Å². The number of aryl methyl sites for hydroxylation is 1. The lowest BCUT2D eigenvalue weighted by atomic mass is 10.1. The van der Waals surface area contributed by atoms with Crippen molar-refractivity contribution in [2.24, 2.45) is 16.8 Å². The molecule has 5 nitrogen and oxygen atoms in total. The highest BCUT2D eigenvalue weighted by Crippen LogP contribution is 2.15. The molecule has 0 aliphatic heterocycles. The quantitative estimate of drug-likeness (QED) is 0.343. The summed E-state index contributed by atoms with van der Waals surface area (Å²) < 4.78 is 0.858. The van der Waals surface area contributed by atoms with E-state index >= 15 is 0 Å². The van der Waals surface area contributed by atoms with Crippen LogP contribution in [0.4, 0.5) is 0 Å². The van der Waals surface area contributed by atoms with E-state index in [1.165, 1.54) is 0 Å². The van der Waals surface area contributed by atoms with E-state index in [0.29, 0.717) is 12.1 Å². The van der Waals surface area contributed by atoms with Gasteiger partial charge in [-0.25, -0.2) is 0 Å². The molecule has 4 N–H and O–H groups in total. The second-order valence-corrected chi connectivity index (χ2v) is 5.07. The van der Waals surface area contributed by atoms with Gasteiger partial charge in [-0.05, 0) is 30.7 Å². The number of carbonyl (C=O) groups is 1. The molecule has 0 radical (unpaired) electrons. The zero-order valence-corrected chi connectivity index (χ0v) is 11.9. The first-order valence-electron chi connectivity index (χ1n) is 5.47. The highest BCUT2D eigenvalue weighted by molar-refractivity contribution is 9.10. The van der Waals surface area contributed by atoms with Gasteiger partial charge in [0, 0.05) is 22.5 Å². The molecule has 0 bridgehead atoms. The van der Waals surface area contributed by atoms with E-state index in [4.69, 9.17) is 10.9 Å². The molecule has 1 amide bonds. The maximum Gasteiger partial charge on any atom is 0.251 e. The van der Waals surface area contributed by atoms with Crippen LogP contribution in [0.15, 0.2) is 27.8 Å². The molecule has 1 aromatic rings. The van der Waals surface area contributed by atoms with Crippen molar-refractivity contribution in [1.82, 2.24) is 5.32 Å². The predicted octanol–water partition coefficient (Wildman–Crippen LogP) is 1.87. The minimum absolute atomic E-state index is 0.0979. The fourth-order valence-electron chi connectivity index (χ4n) is 1.42. The van der Waals surface area contributed by atoms with Gasteiger partial charge in [-0.1, -0.05) is 28.0 Å². The van der Waals surface area contributed by atoms with Crippen molar-refractivity contribution in [1.29, 1.82) is 0 Å². The molecular weight excluding hydrogens is 298 g/mol. The number of hydrogen-bond donors (Lipinski definition) is 3. The average Bonchev–Trinajstić information content (AvgIpc) is 2.33. The van der Waals surface area contributed by atoms with Crippen LogP contribution in [0.1, 0.15) is 22.8 Å². The first-order chi connectivity index (χ1) is 8.43. The Morgan fingerprint density at radius 3 is 2.78 bits per heavy atom. The van der Waals surface area contributed by atoms with Crippen LogP contribution in [0.5, 0.6) is 0 Å². The lowest BCUT2D eigenvalue weighted by molar-refractivity contribution is 0.0951. The highest BCUT2D eigenvalue weighted by atomic mass is 79.9. The summed E-state index contributed by atoms with van der Waals surface area (Å²) in [6.07, 6.45) is 0. The van der Waals surface area contributed by atoms with E-state index < -0.39 is 0 Å². The molecule has 0 heterocycles. The third kappa shape index (κ3) is 4.03. The Hall–Kier alpha value is -1.56. The Morgan fingerprint density at radius 2 is 2.22 bits per heavy atom. The van der Waals surface area contributed by atoms with E-state index in [2.05, 4.69) is 26.4 Å². The Balaban J connectivity index is 2.66. The average molecular weight is 314 g/mol. The van der Waals surface area contributed by atoms with E-state index in [9.17, 15) is 4.79 Å². The van der Waals surface area contributed by atoms with E-state index in [1.807, 2.05) is 13.0 Å². The van der Waals surface area contributed by atoms with Gasteiger partial charge >= 0.3 is 0 Å². The van der Waals surface area contributed by atoms with Crippen molar-refractivity contribution >= 4 is 27.7 Å². The molecule has 0 fully saturated rings. The maximum atomic E-state index is 11.9. The fourth-order valence-corrected chi connectivity index (χ4v) is 2.03. The van der Waals surface area contributed by atoms with Gasteiger partial charge < -0.3 is 16.3 Å². The van der Waals surface area contributed by atoms with E-state index in [1.54, 1.807) is 19.1 Å². The van der Waals surface area contributed by atoms with Crippen molar-refractivity contribution < 1.29 is 10.0 Å². The number of rotatable bonds is 4. The second-order valence-electron chi connectivity index (χ2n) is 4.15. The van der Waals surface area contributed by atoms with Crippen LogP contribution in [0, 0.1) is 12.8 Å². The summed E-state index contributed by atoms with van der Waals surface area (Å²) >= 11 is 3.34. The van der Waals surface area contributed by atoms with Gasteiger partial charge in [-0.3, -0.25) is 4.79 Å². The van der Waals surface area contributed by atoms with Gasteiger partial charge in [-0.2, -0.15) is 0 Å². The molecule has 1 atom stereocenters. The Morgan fingerprint density at radius 1 is 1.56 bits per heavy atom. The number of nitrogens with zero attached hydrogens (tertiary/aromatic N) is 1. The van der Waals surface area contributed by atoms with Crippen LogP contribution in [-0.4, -0.2) is 23.5 Å². The minimum Gasteiger partial charge on any atom is -0.409 e. The summed E-state index contributed by atoms with van der Waals surface area (Å²) in [4.78, 5) is 11.9. The zero-order chi connectivity index (χ0) is 13.7. The Bertz CT molecular complexity index is 454. The second kappa shape index (κ2) is 6.39. The number of amidine groups is 1. The molecule has 1 aromatic carbocycles. The number of carbonyl (C=O) groups excluding carboxylic acids is 1. The van der Waals surface area contributed by atoms with Gasteiger partial charge in [0.1, 0.15) is 5.84 Å². The molecular formula is C12H16BrN3O2. The van der Waals surface area contributed by atoms with Crippen LogP contribution in [0.25, 0.3) is 0 Å². The molecule has 0 aliphatic rings. The summed E-state index contributed by atoms with van der Waals surface area (Å²) in [5.74, 6) is -0.301. The Kier molecular flexibility index (Phi) is 5.15. The number of halogens is 1. The van der Waals surface area contributed by atoms with Crippen molar-refractivity contribution in [3.63, 3.8) is 0 Å². The SMILES string of the molecule is Cc1cc(Br)cc(C(=O)NCC(C)/C(N)=N/O)c1. The van der Waals surface area contributed by atoms with Crippen LogP contribution < -0.4 is 11.1 Å². The smallest absolute Gasteiger partial charge is 0.251 e. The van der Waals surface area contributed by atoms with Gasteiger partial charge in [0.25, 0.3) is 5.91 Å². The molecule has 0 saturated heterocycles. The number of nitrogens with two attached hydrogens (primary N) is 1. The summed E-state index contributed by atoms with van der Waals surface area (Å²) in [7, 11) is 0. The van der Waals surface area contributed by atoms with E-state index in [0.717, 1.165) is 10.0 Å². The number of hydrogen-bond acceptors (Lipinski definition) is 3. The molecule has 1 unspecified atom stereocenters. The zero-order valence-electron chi connectivity index (χ0n) is 10.3. The molecule has 6 heteroatoms. The van der Waals surface area contributed by atoms with Crippen molar-refractivity contribution in [3.8, 4) is 0 Å². The van der Waals surface area contributed by atoms with Crippen molar-refractivity contribution in [2.45, 2.75) is 13.8 Å². The maximum absolute atomic E-state index is 11.9. The molecule has 0 aromatic heterocycles. The van der Waals surface area contributed by atoms with Crippen molar-refractivity contribution in [2.75, 3.05) is 6.54 Å². The van der Waals surface area contributed by atoms with Crippen molar-refractivity contribution in [3.05, 3.63) is 33.8 Å². The largest absolute Gasteiger partial charge is 0.409 e. The molecule has 0 spiro atoms. The summed E-state index contributed by atoms with van der Waals surface area (Å²) in [5.41, 5.74) is 7.01. The lowest BCUT2D eigenvalue weighted by Crippen LogP contribution is -2.34. The van der Waals surface area contributed by atoms with Crippen LogP contribution >= 0.6 is 15.9 Å². The van der Waals surface area contributed by atoms with Crippen LogP contribution in [0.2, 0.25) is 0 Å². The topological polar surface area (TPSA) is 87.7 Å². The summed E-state index contributed by atoms with van der Waals surface area (Å²) in [5, 5.41) is 14.1. The van der Waals surface area contributed by atoms with Gasteiger partial charge in [-0.15, -0.1) is 0 Å². The fraction of sp³-hybridized carbons (Fsp3) is 0.333. The van der Waals surface area contributed by atoms with Crippen LogP contribution in [-0.2, 0) is 0 Å². The molecule has 18 heavy (non-hydrogen) atoms. The molecule has 98 valence electrons. The van der Waals surface area contributed by atoms with E-state index in [-0.39, 0.29) is 17.7 Å². The summed E-state index contributed by atoms with van der Waals surface area (Å²) in [6.45, 7) is 4.00. The Labute approximate surface area is 114 Å². The number of amides is 1. The van der Waals surface area contributed by atoms with Gasteiger partial charge in [0.05, 0.1) is 0 Å². The van der Waals surface area contributed by atoms with Gasteiger partial charge in [0.15, 0.2) is 0 Å². The third-order valence-corrected chi connectivity index (χ3v) is 2.95. The standard InChI is InChI=1S/C12H16BrN3O2/c1-7-3-9(5-10(13)4-7)12(17)15-6-8(2)11(14)16-18/h3-5,8,18H,6H2,1-2H3,(H2,14,16)(H,15,17). The molecule has 0 aliphatic carbocycles. The first kappa shape index (κ1) is 14.5. The third-order valence-electron chi connectivity index (χ3n) is 2.49. The highest BCUT2D eigenvalue weighted by Gasteiger charge is 2.11. The molecule has 0 saturated carbocycles. The van der Waals surface area contributed by atoms with Gasteiger partial charge in [0.2, 0.25) is 0 Å². The number of nitrogens with one attached hydrogen (secondary N) is 1. The number of oxime groups is 1. The monoisotopic (exact) mass is 313 g/mol. The normalized spacial score (nSPS) is 13.2. The number of benzene rings is 1. The molecule has 1 rings (SSSR count). The summed E-state index contributed by atoms with van der Waals surface area (Å²) in [6, 6.07) is 5.47. The minimum atomic E-state index is -0.216.